The van der Waals surface area contributed by atoms with E-state index in [0.717, 1.165) is 0 Å². The molecule has 1 aromatic heterocycles. The van der Waals surface area contributed by atoms with Gasteiger partial charge in [0.1, 0.15) is 5.82 Å². The number of para-hydroxylation sites is 1. The maximum absolute atomic E-state index is 14.2. The van der Waals surface area contributed by atoms with Crippen LogP contribution in [0.2, 0.25) is 0 Å². The third-order valence-electron chi connectivity index (χ3n) is 4.91. The fourth-order valence-corrected chi connectivity index (χ4v) is 3.38. The molecular weight excluding hydrogens is 377 g/mol. The van der Waals surface area contributed by atoms with Crippen molar-refractivity contribution in [1.82, 2.24) is 14.5 Å². The molecule has 1 saturated heterocycles. The number of hydrogen-bond acceptors (Lipinski definition) is 5. The van der Waals surface area contributed by atoms with E-state index >= 15 is 0 Å². The van der Waals surface area contributed by atoms with E-state index in [1.807, 2.05) is 4.90 Å². The Morgan fingerprint density at radius 2 is 1.72 bits per heavy atom. The van der Waals surface area contributed by atoms with Crippen LogP contribution in [-0.4, -0.2) is 51.5 Å². The van der Waals surface area contributed by atoms with Crippen LogP contribution in [0.3, 0.4) is 0 Å². The van der Waals surface area contributed by atoms with Crippen LogP contribution in [0.5, 0.6) is 0 Å². The zero-order chi connectivity index (χ0) is 20.4. The van der Waals surface area contributed by atoms with Crippen molar-refractivity contribution >= 4 is 17.5 Å². The molecule has 9 heteroatoms. The fourth-order valence-electron chi connectivity index (χ4n) is 3.38. The number of benzene rings is 2. The standard InChI is InChI=1S/C20H18FN5O3/c21-17-3-1-2-4-18(17)25-10-9-22-20(25)24-13-11-23(12-14-24)19(27)15-5-7-16(8-6-15)26(28)29/h1-10H,11-14H2. The largest absolute Gasteiger partial charge is 0.338 e. The first-order chi connectivity index (χ1) is 14.0. The molecule has 0 atom stereocenters. The van der Waals surface area contributed by atoms with Crippen LogP contribution in [0.15, 0.2) is 60.9 Å². The highest BCUT2D eigenvalue weighted by atomic mass is 19.1. The van der Waals surface area contributed by atoms with Gasteiger partial charge in [-0.1, -0.05) is 12.1 Å². The summed E-state index contributed by atoms with van der Waals surface area (Å²) in [5.74, 6) is 0.119. The summed E-state index contributed by atoms with van der Waals surface area (Å²) in [6, 6.07) is 12.1. The lowest BCUT2D eigenvalue weighted by atomic mass is 10.1. The van der Waals surface area contributed by atoms with E-state index in [-0.39, 0.29) is 17.4 Å². The molecule has 1 aliphatic heterocycles. The van der Waals surface area contributed by atoms with Gasteiger partial charge in [0.25, 0.3) is 11.6 Å². The van der Waals surface area contributed by atoms with Gasteiger partial charge in [0.05, 0.1) is 10.6 Å². The normalized spacial score (nSPS) is 14.1. The summed E-state index contributed by atoms with van der Waals surface area (Å²) in [6.45, 7) is 2.04. The smallest absolute Gasteiger partial charge is 0.269 e. The molecule has 3 aromatic rings. The summed E-state index contributed by atoms with van der Waals surface area (Å²) in [5.41, 5.74) is 0.785. The Balaban J connectivity index is 1.45. The van der Waals surface area contributed by atoms with Gasteiger partial charge in [0.2, 0.25) is 5.95 Å². The molecule has 2 aromatic carbocycles. The van der Waals surface area contributed by atoms with Crippen molar-refractivity contribution in [3.05, 3.63) is 82.4 Å². The molecule has 29 heavy (non-hydrogen) atoms. The predicted molar refractivity (Wildman–Crippen MR) is 105 cm³/mol. The number of imidazole rings is 1. The zero-order valence-corrected chi connectivity index (χ0v) is 15.4. The van der Waals surface area contributed by atoms with Crippen molar-refractivity contribution in [3.8, 4) is 5.69 Å². The fraction of sp³-hybridized carbons (Fsp3) is 0.200. The SMILES string of the molecule is O=C(c1ccc([N+](=O)[O-])cc1)N1CCN(c2nccn2-c2ccccc2F)CC1. The molecule has 148 valence electrons. The average Bonchev–Trinajstić information content (AvgIpc) is 3.23. The van der Waals surface area contributed by atoms with Crippen LogP contribution in [0.4, 0.5) is 16.0 Å². The second-order valence-electron chi connectivity index (χ2n) is 6.63. The van der Waals surface area contributed by atoms with Crippen LogP contribution >= 0.6 is 0 Å². The van der Waals surface area contributed by atoms with E-state index in [0.29, 0.717) is 43.4 Å². The van der Waals surface area contributed by atoms with E-state index in [1.165, 1.54) is 30.3 Å². The number of anilines is 1. The Bertz CT molecular complexity index is 1040. The number of aromatic nitrogens is 2. The first-order valence-corrected chi connectivity index (χ1v) is 9.11. The van der Waals surface area contributed by atoms with Crippen LogP contribution in [0, 0.1) is 15.9 Å². The van der Waals surface area contributed by atoms with Gasteiger partial charge >= 0.3 is 0 Å². The quantitative estimate of drug-likeness (QED) is 0.501. The van der Waals surface area contributed by atoms with Crippen LogP contribution < -0.4 is 4.90 Å². The van der Waals surface area contributed by atoms with Gasteiger partial charge in [-0.15, -0.1) is 0 Å². The molecule has 8 nitrogen and oxygen atoms in total. The second kappa shape index (κ2) is 7.70. The van der Waals surface area contributed by atoms with Crippen molar-refractivity contribution < 1.29 is 14.1 Å². The Morgan fingerprint density at radius 3 is 2.38 bits per heavy atom. The molecule has 0 aliphatic carbocycles. The number of nitro groups is 1. The van der Waals surface area contributed by atoms with Crippen LogP contribution in [-0.2, 0) is 0 Å². The van der Waals surface area contributed by atoms with E-state index in [4.69, 9.17) is 0 Å². The van der Waals surface area contributed by atoms with Crippen molar-refractivity contribution in [2.45, 2.75) is 0 Å². The number of amides is 1. The molecule has 2 heterocycles. The highest BCUT2D eigenvalue weighted by Gasteiger charge is 2.25. The number of non-ortho nitro benzene ring substituents is 1. The first kappa shape index (κ1) is 18.6. The van der Waals surface area contributed by atoms with Crippen molar-refractivity contribution in [2.75, 3.05) is 31.1 Å². The summed E-state index contributed by atoms with van der Waals surface area (Å²) >= 11 is 0. The molecule has 0 spiro atoms. The highest BCUT2D eigenvalue weighted by Crippen LogP contribution is 2.22. The van der Waals surface area contributed by atoms with Crippen molar-refractivity contribution in [3.63, 3.8) is 0 Å². The minimum atomic E-state index is -0.495. The van der Waals surface area contributed by atoms with Gasteiger partial charge in [0.15, 0.2) is 0 Å². The minimum absolute atomic E-state index is 0.0497. The van der Waals surface area contributed by atoms with E-state index in [2.05, 4.69) is 4.98 Å². The van der Waals surface area contributed by atoms with Gasteiger partial charge in [0, 0.05) is 56.3 Å². The average molecular weight is 395 g/mol. The molecule has 1 fully saturated rings. The van der Waals surface area contributed by atoms with Crippen LogP contribution in [0.25, 0.3) is 5.69 Å². The zero-order valence-electron chi connectivity index (χ0n) is 15.4. The molecule has 0 bridgehead atoms. The van der Waals surface area contributed by atoms with Gasteiger partial charge in [-0.05, 0) is 24.3 Å². The van der Waals surface area contributed by atoms with E-state index in [1.54, 1.807) is 40.1 Å². The second-order valence-corrected chi connectivity index (χ2v) is 6.63. The van der Waals surface area contributed by atoms with E-state index < -0.39 is 4.92 Å². The van der Waals surface area contributed by atoms with Crippen LogP contribution in [0.1, 0.15) is 10.4 Å². The van der Waals surface area contributed by atoms with Crippen molar-refractivity contribution in [1.29, 1.82) is 0 Å². The third kappa shape index (κ3) is 3.66. The molecule has 0 radical (unpaired) electrons. The molecular formula is C20H18FN5O3. The summed E-state index contributed by atoms with van der Waals surface area (Å²) in [7, 11) is 0. The topological polar surface area (TPSA) is 84.5 Å². The number of rotatable bonds is 4. The number of nitro benzene ring substituents is 1. The third-order valence-corrected chi connectivity index (χ3v) is 4.91. The Kier molecular flexibility index (Phi) is 4.94. The van der Waals surface area contributed by atoms with Gasteiger partial charge in [-0.3, -0.25) is 19.5 Å². The number of piperazine rings is 1. The molecule has 0 saturated carbocycles. The maximum atomic E-state index is 14.2. The lowest BCUT2D eigenvalue weighted by molar-refractivity contribution is -0.384. The Morgan fingerprint density at radius 1 is 1.03 bits per heavy atom. The number of halogens is 1. The molecule has 0 unspecified atom stereocenters. The van der Waals surface area contributed by atoms with Gasteiger partial charge in [-0.25, -0.2) is 9.37 Å². The first-order valence-electron chi connectivity index (χ1n) is 9.11. The lowest BCUT2D eigenvalue weighted by Crippen LogP contribution is -2.49. The number of nitrogens with zero attached hydrogens (tertiary/aromatic N) is 5. The molecule has 0 N–H and O–H groups in total. The number of carbonyl (C=O) groups excluding carboxylic acids is 1. The summed E-state index contributed by atoms with van der Waals surface area (Å²) in [6.07, 6.45) is 3.33. The monoisotopic (exact) mass is 395 g/mol. The highest BCUT2D eigenvalue weighted by molar-refractivity contribution is 5.94. The molecule has 1 amide bonds. The minimum Gasteiger partial charge on any atom is -0.338 e. The number of hydrogen-bond donors (Lipinski definition) is 0. The summed E-state index contributed by atoms with van der Waals surface area (Å²) in [4.78, 5) is 31.0. The van der Waals surface area contributed by atoms with E-state index in [9.17, 15) is 19.3 Å². The van der Waals surface area contributed by atoms with Crippen molar-refractivity contribution in [2.24, 2.45) is 0 Å². The summed E-state index contributed by atoms with van der Waals surface area (Å²) in [5, 5.41) is 10.8. The predicted octanol–water partition coefficient (Wildman–Crippen LogP) is 2.88. The Labute approximate surface area is 166 Å². The Hall–Kier alpha value is -3.75. The molecule has 1 aliphatic rings. The lowest BCUT2D eigenvalue weighted by Gasteiger charge is -2.35. The number of carbonyl (C=O) groups is 1. The molecule has 4 rings (SSSR count). The van der Waals surface area contributed by atoms with Gasteiger partial charge < -0.3 is 9.80 Å². The van der Waals surface area contributed by atoms with Gasteiger partial charge in [-0.2, -0.15) is 0 Å². The maximum Gasteiger partial charge on any atom is 0.269 e. The summed E-state index contributed by atoms with van der Waals surface area (Å²) < 4.78 is 15.9.